The first-order valence-corrected chi connectivity index (χ1v) is 16.5. The molecule has 0 spiro atoms. The number of hydrogen-bond acceptors (Lipinski definition) is 4. The lowest BCUT2D eigenvalue weighted by molar-refractivity contribution is -0.140. The largest absolute Gasteiger partial charge is 0.352 e. The Morgan fingerprint density at radius 1 is 0.952 bits per heavy atom. The molecule has 0 unspecified atom stereocenters. The fraction of sp³-hybridized carbons (Fsp3) is 0.394. The van der Waals surface area contributed by atoms with Gasteiger partial charge in [-0.25, -0.2) is 8.42 Å². The second-order valence-electron chi connectivity index (χ2n) is 10.9. The Kier molecular flexibility index (Phi) is 10.7. The van der Waals surface area contributed by atoms with Gasteiger partial charge < -0.3 is 10.2 Å². The topological polar surface area (TPSA) is 86.8 Å². The highest BCUT2D eigenvalue weighted by Gasteiger charge is 2.35. The molecule has 7 nitrogen and oxygen atoms in total. The predicted molar refractivity (Wildman–Crippen MR) is 168 cm³/mol. The van der Waals surface area contributed by atoms with Crippen LogP contribution in [0.25, 0.3) is 0 Å². The van der Waals surface area contributed by atoms with E-state index in [0.717, 1.165) is 42.4 Å². The Balaban J connectivity index is 1.74. The van der Waals surface area contributed by atoms with Gasteiger partial charge in [-0.05, 0) is 74.1 Å². The summed E-state index contributed by atoms with van der Waals surface area (Å²) in [6.45, 7) is 5.40. The lowest BCUT2D eigenvalue weighted by Gasteiger charge is -2.34. The second-order valence-corrected chi connectivity index (χ2v) is 13.2. The molecular formula is C33H40ClN3O4S. The molecule has 0 bridgehead atoms. The van der Waals surface area contributed by atoms with E-state index in [2.05, 4.69) is 5.32 Å². The van der Waals surface area contributed by atoms with Gasteiger partial charge in [0.1, 0.15) is 12.6 Å². The molecule has 1 aliphatic rings. The Labute approximate surface area is 254 Å². The van der Waals surface area contributed by atoms with Gasteiger partial charge in [-0.15, -0.1) is 0 Å². The van der Waals surface area contributed by atoms with Gasteiger partial charge in [-0.3, -0.25) is 13.9 Å². The number of nitrogens with one attached hydrogen (secondary N) is 1. The molecule has 4 rings (SSSR count). The maximum absolute atomic E-state index is 14.3. The van der Waals surface area contributed by atoms with Crippen molar-refractivity contribution in [2.24, 2.45) is 0 Å². The molecule has 0 aromatic heterocycles. The van der Waals surface area contributed by atoms with E-state index in [0.29, 0.717) is 23.6 Å². The number of carbonyl (C=O) groups is 2. The summed E-state index contributed by atoms with van der Waals surface area (Å²) in [6, 6.07) is 20.3. The molecule has 1 atom stereocenters. The summed E-state index contributed by atoms with van der Waals surface area (Å²) in [5, 5.41) is 3.70. The van der Waals surface area contributed by atoms with E-state index < -0.39 is 28.5 Å². The van der Waals surface area contributed by atoms with Crippen LogP contribution in [0.1, 0.15) is 62.6 Å². The van der Waals surface area contributed by atoms with Crippen LogP contribution in [0.3, 0.4) is 0 Å². The van der Waals surface area contributed by atoms with Crippen LogP contribution in [0, 0.1) is 6.92 Å². The average Bonchev–Trinajstić information content (AvgIpc) is 3.50. The predicted octanol–water partition coefficient (Wildman–Crippen LogP) is 6.27. The second kappa shape index (κ2) is 14.2. The number of amides is 2. The number of sulfonamides is 1. The lowest BCUT2D eigenvalue weighted by Crippen LogP contribution is -2.53. The minimum absolute atomic E-state index is 0.0916. The zero-order valence-electron chi connectivity index (χ0n) is 24.6. The number of nitrogens with zero attached hydrogens (tertiary/aromatic N) is 2. The SMILES string of the molecule is CCc1ccccc1N(CC(=O)N(Cc1ccc(Cl)cc1)[C@@H](CC)C(=O)NC1CCCC1)S(=O)(=O)c1ccc(C)cc1. The van der Waals surface area contributed by atoms with Gasteiger partial charge in [0, 0.05) is 17.6 Å². The molecule has 42 heavy (non-hydrogen) atoms. The number of hydrogen-bond donors (Lipinski definition) is 1. The van der Waals surface area contributed by atoms with Gasteiger partial charge in [0.2, 0.25) is 11.8 Å². The molecule has 2 amide bonds. The molecular weight excluding hydrogens is 570 g/mol. The quantitative estimate of drug-likeness (QED) is 0.262. The molecule has 1 saturated carbocycles. The Morgan fingerprint density at radius 2 is 1.60 bits per heavy atom. The van der Waals surface area contributed by atoms with Crippen LogP contribution in [0.2, 0.25) is 5.02 Å². The Bertz CT molecular complexity index is 1470. The molecule has 0 heterocycles. The van der Waals surface area contributed by atoms with Crippen molar-refractivity contribution in [2.75, 3.05) is 10.8 Å². The van der Waals surface area contributed by atoms with E-state index in [-0.39, 0.29) is 23.4 Å². The third-order valence-electron chi connectivity index (χ3n) is 7.88. The van der Waals surface area contributed by atoms with Crippen LogP contribution in [-0.4, -0.2) is 43.8 Å². The van der Waals surface area contributed by atoms with E-state index in [9.17, 15) is 18.0 Å². The van der Waals surface area contributed by atoms with Crippen molar-refractivity contribution in [3.8, 4) is 0 Å². The lowest BCUT2D eigenvalue weighted by atomic mass is 10.1. The fourth-order valence-corrected chi connectivity index (χ4v) is 7.06. The van der Waals surface area contributed by atoms with Gasteiger partial charge in [0.15, 0.2) is 0 Å². The van der Waals surface area contributed by atoms with Crippen LogP contribution in [0.15, 0.2) is 77.7 Å². The summed E-state index contributed by atoms with van der Waals surface area (Å²) in [7, 11) is -4.11. The minimum atomic E-state index is -4.11. The summed E-state index contributed by atoms with van der Waals surface area (Å²) >= 11 is 6.11. The number of rotatable bonds is 12. The van der Waals surface area contributed by atoms with Gasteiger partial charge >= 0.3 is 0 Å². The van der Waals surface area contributed by atoms with Gasteiger partial charge in [0.05, 0.1) is 10.6 Å². The van der Waals surface area contributed by atoms with E-state index in [4.69, 9.17) is 11.6 Å². The first-order valence-electron chi connectivity index (χ1n) is 14.7. The van der Waals surface area contributed by atoms with Crippen molar-refractivity contribution in [2.45, 2.75) is 82.8 Å². The monoisotopic (exact) mass is 609 g/mol. The smallest absolute Gasteiger partial charge is 0.264 e. The summed E-state index contributed by atoms with van der Waals surface area (Å²) in [4.78, 5) is 29.5. The van der Waals surface area contributed by atoms with Crippen LogP contribution in [-0.2, 0) is 32.6 Å². The maximum atomic E-state index is 14.3. The standard InChI is InChI=1S/C33H40ClN3O4S/c1-4-26-10-6-9-13-31(26)37(42(40,41)29-20-14-24(3)15-21-29)23-32(38)36(22-25-16-18-27(34)19-17-25)30(5-2)33(39)35-28-11-7-8-12-28/h6,9-10,13-21,28,30H,4-5,7-8,11-12,22-23H2,1-3H3,(H,35,39)/t30-/m0/s1. The highest BCUT2D eigenvalue weighted by atomic mass is 35.5. The Morgan fingerprint density at radius 3 is 2.21 bits per heavy atom. The number of benzene rings is 3. The first-order chi connectivity index (χ1) is 20.1. The van der Waals surface area contributed by atoms with Gasteiger partial charge in [-0.2, -0.15) is 0 Å². The molecule has 0 saturated heterocycles. The van der Waals surface area contributed by atoms with E-state index in [1.807, 2.05) is 45.0 Å². The van der Waals surface area contributed by atoms with Crippen molar-refractivity contribution in [1.82, 2.24) is 10.2 Å². The third kappa shape index (κ3) is 7.53. The first kappa shape index (κ1) is 31.6. The number of aryl methyl sites for hydroxylation is 2. The molecule has 0 aliphatic heterocycles. The van der Waals surface area contributed by atoms with Crippen molar-refractivity contribution in [3.05, 3.63) is 94.5 Å². The fourth-order valence-electron chi connectivity index (χ4n) is 5.48. The van der Waals surface area contributed by atoms with Gasteiger partial charge in [0.25, 0.3) is 10.0 Å². The zero-order chi connectivity index (χ0) is 30.3. The molecule has 0 radical (unpaired) electrons. The summed E-state index contributed by atoms with van der Waals surface area (Å²) in [5.74, 6) is -0.673. The summed E-state index contributed by atoms with van der Waals surface area (Å²) in [5.41, 5.74) is 2.97. The number of carbonyl (C=O) groups excluding carboxylic acids is 2. The highest BCUT2D eigenvalue weighted by molar-refractivity contribution is 7.92. The maximum Gasteiger partial charge on any atom is 0.264 e. The average molecular weight is 610 g/mol. The van der Waals surface area contributed by atoms with Crippen molar-refractivity contribution < 1.29 is 18.0 Å². The van der Waals surface area contributed by atoms with Crippen LogP contribution in [0.5, 0.6) is 0 Å². The summed E-state index contributed by atoms with van der Waals surface area (Å²) < 4.78 is 29.5. The van der Waals surface area contributed by atoms with Crippen molar-refractivity contribution in [3.63, 3.8) is 0 Å². The van der Waals surface area contributed by atoms with E-state index in [1.54, 1.807) is 48.5 Å². The highest BCUT2D eigenvalue weighted by Crippen LogP contribution is 2.29. The Hall–Kier alpha value is -3.36. The molecule has 1 aliphatic carbocycles. The normalized spacial score (nSPS) is 14.4. The van der Waals surface area contributed by atoms with E-state index >= 15 is 0 Å². The number of para-hydroxylation sites is 1. The van der Waals surface area contributed by atoms with Crippen LogP contribution < -0.4 is 9.62 Å². The number of halogens is 1. The van der Waals surface area contributed by atoms with Crippen LogP contribution in [0.4, 0.5) is 5.69 Å². The molecule has 1 N–H and O–H groups in total. The molecule has 9 heteroatoms. The molecule has 1 fully saturated rings. The van der Waals surface area contributed by atoms with Crippen molar-refractivity contribution in [1.29, 1.82) is 0 Å². The molecule has 3 aromatic rings. The van der Waals surface area contributed by atoms with Crippen molar-refractivity contribution >= 4 is 39.1 Å². The number of anilines is 1. The molecule has 3 aromatic carbocycles. The van der Waals surface area contributed by atoms with Gasteiger partial charge in [-0.1, -0.05) is 86.3 Å². The van der Waals surface area contributed by atoms with E-state index in [1.165, 1.54) is 9.21 Å². The molecule has 224 valence electrons. The summed E-state index contributed by atoms with van der Waals surface area (Å²) in [6.07, 6.45) is 4.94. The third-order valence-corrected chi connectivity index (χ3v) is 9.91. The van der Waals surface area contributed by atoms with Crippen LogP contribution >= 0.6 is 11.6 Å². The zero-order valence-corrected chi connectivity index (χ0v) is 26.1. The minimum Gasteiger partial charge on any atom is -0.352 e.